The van der Waals surface area contributed by atoms with Crippen molar-refractivity contribution < 1.29 is 18.0 Å². The number of nitrogens with one attached hydrogen (secondary N) is 2. The summed E-state index contributed by atoms with van der Waals surface area (Å²) < 4.78 is 26.0. The Kier molecular flexibility index (Phi) is 6.53. The Morgan fingerprint density at radius 2 is 1.83 bits per heavy atom. The summed E-state index contributed by atoms with van der Waals surface area (Å²) in [6.45, 7) is 2.92. The second-order valence-corrected chi connectivity index (χ2v) is 8.91. The zero-order chi connectivity index (χ0) is 20.9. The fraction of sp³-hybridized carbons (Fsp3) is 0.333. The normalized spacial score (nSPS) is 15.6. The molecule has 154 valence electrons. The smallest absolute Gasteiger partial charge is 0.255 e. The van der Waals surface area contributed by atoms with E-state index >= 15 is 0 Å². The van der Waals surface area contributed by atoms with Crippen molar-refractivity contribution in [2.45, 2.75) is 26.2 Å². The fourth-order valence-electron chi connectivity index (χ4n) is 3.20. The van der Waals surface area contributed by atoms with Crippen LogP contribution in [0.25, 0.3) is 0 Å². The fourth-order valence-corrected chi connectivity index (χ4v) is 4.83. The quantitative estimate of drug-likeness (QED) is 0.758. The second-order valence-electron chi connectivity index (χ2n) is 6.90. The molecule has 2 aromatic carbocycles. The Hall–Kier alpha value is -2.87. The van der Waals surface area contributed by atoms with Gasteiger partial charge < -0.3 is 10.6 Å². The summed E-state index contributed by atoms with van der Waals surface area (Å²) in [5, 5.41) is 5.57. The molecule has 2 N–H and O–H groups in total. The number of carbonyl (C=O) groups excluding carboxylic acids is 2. The van der Waals surface area contributed by atoms with Gasteiger partial charge in [-0.1, -0.05) is 25.1 Å². The minimum atomic E-state index is -3.36. The standard InChI is InChI=1S/C21H25N3O4S/c1-2-12-22-21(26)18-10-3-4-11-19(18)23-20(25)16-8-7-9-17(15-16)24-13-5-6-14-29(24,27)28/h3-4,7-11,15H,2,5-6,12-14H2,1H3,(H,22,26)(H,23,25). The summed E-state index contributed by atoms with van der Waals surface area (Å²) >= 11 is 0. The van der Waals surface area contributed by atoms with Gasteiger partial charge in [-0.2, -0.15) is 0 Å². The van der Waals surface area contributed by atoms with Crippen LogP contribution in [0.1, 0.15) is 46.9 Å². The molecule has 2 aromatic rings. The molecule has 1 aliphatic rings. The molecule has 0 spiro atoms. The number of para-hydroxylation sites is 1. The zero-order valence-electron chi connectivity index (χ0n) is 16.3. The van der Waals surface area contributed by atoms with Crippen molar-refractivity contribution in [3.05, 3.63) is 59.7 Å². The summed E-state index contributed by atoms with van der Waals surface area (Å²) in [5.74, 6) is -0.545. The van der Waals surface area contributed by atoms with Crippen molar-refractivity contribution in [2.75, 3.05) is 28.5 Å². The summed E-state index contributed by atoms with van der Waals surface area (Å²) in [6.07, 6.45) is 2.25. The predicted molar refractivity (Wildman–Crippen MR) is 114 cm³/mol. The lowest BCUT2D eigenvalue weighted by Gasteiger charge is -2.28. The molecule has 0 atom stereocenters. The van der Waals surface area contributed by atoms with Crippen LogP contribution in [-0.4, -0.2) is 39.1 Å². The van der Waals surface area contributed by atoms with Gasteiger partial charge in [0.05, 0.1) is 22.7 Å². The van der Waals surface area contributed by atoms with E-state index in [0.29, 0.717) is 42.0 Å². The third kappa shape index (κ3) is 4.95. The molecule has 0 unspecified atom stereocenters. The number of amides is 2. The zero-order valence-corrected chi connectivity index (χ0v) is 17.2. The van der Waals surface area contributed by atoms with Gasteiger partial charge in [0, 0.05) is 18.7 Å². The first kappa shape index (κ1) is 20.9. The van der Waals surface area contributed by atoms with Gasteiger partial charge in [-0.05, 0) is 49.6 Å². The van der Waals surface area contributed by atoms with E-state index in [9.17, 15) is 18.0 Å². The molecule has 1 fully saturated rings. The Bertz CT molecular complexity index is 1000. The van der Waals surface area contributed by atoms with Crippen LogP contribution < -0.4 is 14.9 Å². The molecule has 0 bridgehead atoms. The van der Waals surface area contributed by atoms with E-state index in [1.165, 1.54) is 4.31 Å². The average Bonchev–Trinajstić information content (AvgIpc) is 2.72. The van der Waals surface area contributed by atoms with Crippen LogP contribution in [-0.2, 0) is 10.0 Å². The number of benzene rings is 2. The van der Waals surface area contributed by atoms with E-state index < -0.39 is 15.9 Å². The van der Waals surface area contributed by atoms with Crippen molar-refractivity contribution in [3.8, 4) is 0 Å². The molecule has 8 heteroatoms. The van der Waals surface area contributed by atoms with Gasteiger partial charge in [0.2, 0.25) is 10.0 Å². The van der Waals surface area contributed by atoms with Crippen LogP contribution in [0.3, 0.4) is 0 Å². The van der Waals surface area contributed by atoms with Crippen LogP contribution in [0, 0.1) is 0 Å². The van der Waals surface area contributed by atoms with E-state index in [-0.39, 0.29) is 11.7 Å². The van der Waals surface area contributed by atoms with Crippen molar-refractivity contribution in [2.24, 2.45) is 0 Å². The summed E-state index contributed by atoms with van der Waals surface area (Å²) in [4.78, 5) is 25.1. The number of sulfonamides is 1. The van der Waals surface area contributed by atoms with Gasteiger partial charge in [-0.25, -0.2) is 8.42 Å². The summed E-state index contributed by atoms with van der Waals surface area (Å²) in [5.41, 5.74) is 1.59. The topological polar surface area (TPSA) is 95.6 Å². The highest BCUT2D eigenvalue weighted by molar-refractivity contribution is 7.92. The SMILES string of the molecule is CCCNC(=O)c1ccccc1NC(=O)c1cccc(N2CCCCS2(=O)=O)c1. The number of nitrogens with zero attached hydrogens (tertiary/aromatic N) is 1. The Morgan fingerprint density at radius 1 is 1.03 bits per heavy atom. The van der Waals surface area contributed by atoms with Crippen LogP contribution >= 0.6 is 0 Å². The summed E-state index contributed by atoms with van der Waals surface area (Å²) in [7, 11) is -3.36. The Morgan fingerprint density at radius 3 is 2.59 bits per heavy atom. The van der Waals surface area contributed by atoms with Gasteiger partial charge in [-0.15, -0.1) is 0 Å². The lowest BCUT2D eigenvalue weighted by molar-refractivity contribution is 0.0954. The van der Waals surface area contributed by atoms with Crippen LogP contribution in [0.15, 0.2) is 48.5 Å². The van der Waals surface area contributed by atoms with Gasteiger partial charge in [0.15, 0.2) is 0 Å². The molecule has 0 saturated carbocycles. The lowest BCUT2D eigenvalue weighted by atomic mass is 10.1. The maximum absolute atomic E-state index is 12.8. The van der Waals surface area contributed by atoms with Crippen molar-refractivity contribution in [3.63, 3.8) is 0 Å². The molecule has 7 nitrogen and oxygen atoms in total. The maximum atomic E-state index is 12.8. The van der Waals surface area contributed by atoms with Crippen LogP contribution in [0.5, 0.6) is 0 Å². The molecule has 1 aliphatic heterocycles. The minimum Gasteiger partial charge on any atom is -0.352 e. The monoisotopic (exact) mass is 415 g/mol. The first-order valence-corrected chi connectivity index (χ1v) is 11.3. The number of rotatable bonds is 6. The number of hydrogen-bond acceptors (Lipinski definition) is 4. The van der Waals surface area contributed by atoms with Crippen molar-refractivity contribution in [1.82, 2.24) is 5.32 Å². The molecular weight excluding hydrogens is 390 g/mol. The molecule has 1 heterocycles. The van der Waals surface area contributed by atoms with Gasteiger partial charge in [0.1, 0.15) is 0 Å². The van der Waals surface area contributed by atoms with Crippen molar-refractivity contribution >= 4 is 33.2 Å². The number of hydrogen-bond donors (Lipinski definition) is 2. The third-order valence-corrected chi connectivity index (χ3v) is 6.57. The predicted octanol–water partition coefficient (Wildman–Crippen LogP) is 3.01. The van der Waals surface area contributed by atoms with E-state index in [0.717, 1.165) is 12.8 Å². The van der Waals surface area contributed by atoms with Gasteiger partial charge in [-0.3, -0.25) is 13.9 Å². The molecule has 0 aliphatic carbocycles. The maximum Gasteiger partial charge on any atom is 0.255 e. The summed E-state index contributed by atoms with van der Waals surface area (Å²) in [6, 6.07) is 13.3. The lowest BCUT2D eigenvalue weighted by Crippen LogP contribution is -2.37. The van der Waals surface area contributed by atoms with E-state index in [1.54, 1.807) is 48.5 Å². The third-order valence-electron chi connectivity index (χ3n) is 4.70. The molecule has 3 rings (SSSR count). The van der Waals surface area contributed by atoms with E-state index in [1.807, 2.05) is 6.92 Å². The second kappa shape index (κ2) is 9.09. The molecule has 0 aromatic heterocycles. The highest BCUT2D eigenvalue weighted by atomic mass is 32.2. The molecule has 29 heavy (non-hydrogen) atoms. The molecule has 0 radical (unpaired) electrons. The molecular formula is C21H25N3O4S. The first-order valence-electron chi connectivity index (χ1n) is 9.71. The van der Waals surface area contributed by atoms with Crippen LogP contribution in [0.4, 0.5) is 11.4 Å². The van der Waals surface area contributed by atoms with E-state index in [4.69, 9.17) is 0 Å². The Labute approximate surface area is 171 Å². The number of anilines is 2. The Balaban J connectivity index is 1.81. The highest BCUT2D eigenvalue weighted by Gasteiger charge is 2.26. The minimum absolute atomic E-state index is 0.115. The average molecular weight is 416 g/mol. The number of carbonyl (C=O) groups is 2. The largest absolute Gasteiger partial charge is 0.352 e. The van der Waals surface area contributed by atoms with Crippen molar-refractivity contribution in [1.29, 1.82) is 0 Å². The van der Waals surface area contributed by atoms with Crippen LogP contribution in [0.2, 0.25) is 0 Å². The highest BCUT2D eigenvalue weighted by Crippen LogP contribution is 2.25. The first-order chi connectivity index (χ1) is 13.9. The van der Waals surface area contributed by atoms with Gasteiger partial charge in [0.25, 0.3) is 11.8 Å². The van der Waals surface area contributed by atoms with E-state index in [2.05, 4.69) is 10.6 Å². The van der Waals surface area contributed by atoms with Gasteiger partial charge >= 0.3 is 0 Å². The molecule has 2 amide bonds. The molecule has 1 saturated heterocycles.